The van der Waals surface area contributed by atoms with Crippen molar-refractivity contribution >= 4 is 23.1 Å². The topological polar surface area (TPSA) is 29.1 Å². The Morgan fingerprint density at radius 1 is 1.11 bits per heavy atom. The summed E-state index contributed by atoms with van der Waals surface area (Å²) in [6, 6.07) is 15.0. The fourth-order valence-electron chi connectivity index (χ4n) is 1.86. The van der Waals surface area contributed by atoms with Crippen LogP contribution in [0.1, 0.15) is 22.3 Å². The number of ketones is 1. The van der Waals surface area contributed by atoms with Gasteiger partial charge in [-0.25, -0.2) is 0 Å². The van der Waals surface area contributed by atoms with E-state index in [1.807, 2.05) is 31.2 Å². The summed E-state index contributed by atoms with van der Waals surface area (Å²) in [4.78, 5) is 11.9. The molecule has 0 saturated carbocycles. The van der Waals surface area contributed by atoms with Crippen LogP contribution < -0.4 is 5.32 Å². The minimum atomic E-state index is 0.123. The molecular formula is C16H16ClNO. The van der Waals surface area contributed by atoms with Crippen molar-refractivity contribution in [1.82, 2.24) is 0 Å². The zero-order chi connectivity index (χ0) is 13.7. The Labute approximate surface area is 118 Å². The van der Waals surface area contributed by atoms with Crippen LogP contribution in [0.4, 0.5) is 5.69 Å². The summed E-state index contributed by atoms with van der Waals surface area (Å²) in [6.45, 7) is 2.68. The molecule has 1 N–H and O–H groups in total. The average molecular weight is 274 g/mol. The number of carbonyl (C=O) groups excluding carboxylic acids is 1. The fraction of sp³-hybridized carbons (Fsp3) is 0.188. The Kier molecular flexibility index (Phi) is 4.58. The minimum absolute atomic E-state index is 0.123. The first-order valence-corrected chi connectivity index (χ1v) is 6.63. The largest absolute Gasteiger partial charge is 0.384 e. The van der Waals surface area contributed by atoms with Gasteiger partial charge in [-0.15, -0.1) is 0 Å². The monoisotopic (exact) mass is 273 g/mol. The molecule has 0 spiro atoms. The van der Waals surface area contributed by atoms with E-state index in [4.69, 9.17) is 11.6 Å². The highest BCUT2D eigenvalue weighted by molar-refractivity contribution is 6.30. The number of rotatable bonds is 5. The quantitative estimate of drug-likeness (QED) is 0.822. The number of carbonyl (C=O) groups is 1. The number of benzene rings is 2. The van der Waals surface area contributed by atoms with Crippen LogP contribution in [0.2, 0.25) is 5.02 Å². The summed E-state index contributed by atoms with van der Waals surface area (Å²) < 4.78 is 0. The predicted molar refractivity (Wildman–Crippen MR) is 80.1 cm³/mol. The Balaban J connectivity index is 1.88. The lowest BCUT2D eigenvalue weighted by atomic mass is 10.1. The van der Waals surface area contributed by atoms with Crippen LogP contribution in [-0.2, 0) is 0 Å². The van der Waals surface area contributed by atoms with Crippen molar-refractivity contribution in [3.8, 4) is 0 Å². The molecule has 0 aliphatic heterocycles. The van der Waals surface area contributed by atoms with Gasteiger partial charge >= 0.3 is 0 Å². The van der Waals surface area contributed by atoms with Crippen LogP contribution in [0.15, 0.2) is 48.5 Å². The molecule has 0 bridgehead atoms. The fourth-order valence-corrected chi connectivity index (χ4v) is 1.99. The minimum Gasteiger partial charge on any atom is -0.384 e. The van der Waals surface area contributed by atoms with E-state index in [-0.39, 0.29) is 5.78 Å². The summed E-state index contributed by atoms with van der Waals surface area (Å²) in [5.41, 5.74) is 2.96. The van der Waals surface area contributed by atoms with Crippen LogP contribution in [0, 0.1) is 6.92 Å². The van der Waals surface area contributed by atoms with E-state index in [9.17, 15) is 4.79 Å². The zero-order valence-corrected chi connectivity index (χ0v) is 11.6. The van der Waals surface area contributed by atoms with Crippen LogP contribution in [0.25, 0.3) is 0 Å². The van der Waals surface area contributed by atoms with E-state index in [0.29, 0.717) is 23.6 Å². The van der Waals surface area contributed by atoms with E-state index in [1.54, 1.807) is 24.3 Å². The third-order valence-electron chi connectivity index (χ3n) is 2.98. The van der Waals surface area contributed by atoms with Crippen molar-refractivity contribution in [2.75, 3.05) is 11.9 Å². The van der Waals surface area contributed by atoms with E-state index in [0.717, 1.165) is 5.69 Å². The molecule has 2 rings (SSSR count). The number of halogens is 1. The van der Waals surface area contributed by atoms with Gasteiger partial charge < -0.3 is 5.32 Å². The molecule has 0 unspecified atom stereocenters. The van der Waals surface area contributed by atoms with E-state index >= 15 is 0 Å². The molecule has 0 fully saturated rings. The van der Waals surface area contributed by atoms with Gasteiger partial charge in [-0.3, -0.25) is 4.79 Å². The summed E-state index contributed by atoms with van der Waals surface area (Å²) in [5, 5.41) is 3.93. The SMILES string of the molecule is Cc1ccccc1NCCC(=O)c1ccc(Cl)cc1. The van der Waals surface area contributed by atoms with Gasteiger partial charge in [-0.05, 0) is 42.8 Å². The maximum absolute atomic E-state index is 11.9. The van der Waals surface area contributed by atoms with Crippen molar-refractivity contribution in [1.29, 1.82) is 0 Å². The second kappa shape index (κ2) is 6.39. The lowest BCUT2D eigenvalue weighted by Gasteiger charge is -2.08. The number of anilines is 1. The molecule has 3 heteroatoms. The molecule has 0 aliphatic rings. The normalized spacial score (nSPS) is 10.2. The molecule has 0 saturated heterocycles. The highest BCUT2D eigenvalue weighted by atomic mass is 35.5. The first-order valence-electron chi connectivity index (χ1n) is 6.25. The first kappa shape index (κ1) is 13.6. The van der Waals surface area contributed by atoms with Crippen molar-refractivity contribution in [3.63, 3.8) is 0 Å². The third-order valence-corrected chi connectivity index (χ3v) is 3.23. The van der Waals surface area contributed by atoms with Gasteiger partial charge in [0.1, 0.15) is 0 Å². The molecule has 2 aromatic rings. The summed E-state index contributed by atoms with van der Waals surface area (Å²) >= 11 is 5.79. The average Bonchev–Trinajstić information content (AvgIpc) is 2.41. The lowest BCUT2D eigenvalue weighted by molar-refractivity contribution is 0.0986. The maximum Gasteiger partial charge on any atom is 0.164 e. The molecule has 98 valence electrons. The smallest absolute Gasteiger partial charge is 0.164 e. The van der Waals surface area contributed by atoms with Crippen molar-refractivity contribution in [2.24, 2.45) is 0 Å². The zero-order valence-electron chi connectivity index (χ0n) is 10.8. The predicted octanol–water partition coefficient (Wildman–Crippen LogP) is 4.33. The van der Waals surface area contributed by atoms with Gasteiger partial charge in [-0.1, -0.05) is 29.8 Å². The summed E-state index contributed by atoms with van der Waals surface area (Å²) in [6.07, 6.45) is 0.468. The number of Topliss-reactive ketones (excluding diaryl/α,β-unsaturated/α-hetero) is 1. The van der Waals surface area contributed by atoms with Crippen molar-refractivity contribution in [2.45, 2.75) is 13.3 Å². The number of hydrogen-bond donors (Lipinski definition) is 1. The van der Waals surface area contributed by atoms with E-state index in [1.165, 1.54) is 5.56 Å². The van der Waals surface area contributed by atoms with Crippen LogP contribution in [0.5, 0.6) is 0 Å². The maximum atomic E-state index is 11.9. The lowest BCUT2D eigenvalue weighted by Crippen LogP contribution is -2.09. The highest BCUT2D eigenvalue weighted by Crippen LogP contribution is 2.14. The number of aryl methyl sites for hydroxylation is 1. The second-order valence-corrected chi connectivity index (χ2v) is 4.86. The molecule has 0 atom stereocenters. The molecule has 0 radical (unpaired) electrons. The highest BCUT2D eigenvalue weighted by Gasteiger charge is 2.05. The molecule has 0 aliphatic carbocycles. The Bertz CT molecular complexity index is 563. The van der Waals surface area contributed by atoms with Gasteiger partial charge in [0, 0.05) is 29.2 Å². The molecular weight excluding hydrogens is 258 g/mol. The molecule has 0 amide bonds. The van der Waals surface area contributed by atoms with Gasteiger partial charge in [0.15, 0.2) is 5.78 Å². The van der Waals surface area contributed by atoms with Gasteiger partial charge in [0.2, 0.25) is 0 Å². The molecule has 2 aromatic carbocycles. The number of nitrogens with one attached hydrogen (secondary N) is 1. The standard InChI is InChI=1S/C16H16ClNO/c1-12-4-2-3-5-15(12)18-11-10-16(19)13-6-8-14(17)9-7-13/h2-9,18H,10-11H2,1H3. The van der Waals surface area contributed by atoms with Gasteiger partial charge in [-0.2, -0.15) is 0 Å². The van der Waals surface area contributed by atoms with Crippen molar-refractivity contribution in [3.05, 3.63) is 64.7 Å². The van der Waals surface area contributed by atoms with Gasteiger partial charge in [0.25, 0.3) is 0 Å². The van der Waals surface area contributed by atoms with Crippen LogP contribution >= 0.6 is 11.6 Å². The van der Waals surface area contributed by atoms with Crippen molar-refractivity contribution < 1.29 is 4.79 Å². The molecule has 0 heterocycles. The Morgan fingerprint density at radius 3 is 2.47 bits per heavy atom. The molecule has 2 nitrogen and oxygen atoms in total. The molecule has 19 heavy (non-hydrogen) atoms. The summed E-state index contributed by atoms with van der Waals surface area (Å²) in [5.74, 6) is 0.123. The van der Waals surface area contributed by atoms with Gasteiger partial charge in [0.05, 0.1) is 0 Å². The third kappa shape index (κ3) is 3.83. The van der Waals surface area contributed by atoms with Crippen LogP contribution in [0.3, 0.4) is 0 Å². The second-order valence-electron chi connectivity index (χ2n) is 4.42. The van der Waals surface area contributed by atoms with E-state index < -0.39 is 0 Å². The summed E-state index contributed by atoms with van der Waals surface area (Å²) in [7, 11) is 0. The Morgan fingerprint density at radius 2 is 1.79 bits per heavy atom. The first-order chi connectivity index (χ1) is 9.16. The number of para-hydroxylation sites is 1. The number of hydrogen-bond acceptors (Lipinski definition) is 2. The van der Waals surface area contributed by atoms with E-state index in [2.05, 4.69) is 5.32 Å². The molecule has 0 aromatic heterocycles. The Hall–Kier alpha value is -1.80. The van der Waals surface area contributed by atoms with Crippen LogP contribution in [-0.4, -0.2) is 12.3 Å².